The molecule has 0 bridgehead atoms. The van der Waals surface area contributed by atoms with Gasteiger partial charge in [-0.1, -0.05) is 41.4 Å². The molecular formula is C19H21ClN4O. The molecule has 1 aliphatic heterocycles. The SMILES string of the molecule is Cc1cc(-c2cn[nH]c2[C@H]2CCCCN2Cc2ccccc2Cl)on1. The van der Waals surface area contributed by atoms with Crippen LogP contribution in [0.3, 0.4) is 0 Å². The fraction of sp³-hybridized carbons (Fsp3) is 0.368. The number of hydrogen-bond acceptors (Lipinski definition) is 4. The van der Waals surface area contributed by atoms with E-state index in [1.165, 1.54) is 12.8 Å². The van der Waals surface area contributed by atoms with Gasteiger partial charge in [0.15, 0.2) is 5.76 Å². The number of aromatic amines is 1. The molecule has 1 aliphatic rings. The quantitative estimate of drug-likeness (QED) is 0.732. The number of nitrogens with zero attached hydrogens (tertiary/aromatic N) is 3. The summed E-state index contributed by atoms with van der Waals surface area (Å²) in [6, 6.07) is 10.3. The van der Waals surface area contributed by atoms with Crippen molar-refractivity contribution in [3.63, 3.8) is 0 Å². The van der Waals surface area contributed by atoms with E-state index in [0.29, 0.717) is 0 Å². The van der Waals surface area contributed by atoms with Crippen LogP contribution in [0.15, 0.2) is 41.1 Å². The van der Waals surface area contributed by atoms with Crippen LogP contribution in [0.4, 0.5) is 0 Å². The number of hydrogen-bond donors (Lipinski definition) is 1. The van der Waals surface area contributed by atoms with Gasteiger partial charge in [-0.25, -0.2) is 0 Å². The van der Waals surface area contributed by atoms with Crippen molar-refractivity contribution in [2.45, 2.75) is 38.8 Å². The molecular weight excluding hydrogens is 336 g/mol. The van der Waals surface area contributed by atoms with Gasteiger partial charge in [0.2, 0.25) is 0 Å². The van der Waals surface area contributed by atoms with Crippen LogP contribution in [-0.4, -0.2) is 26.8 Å². The third kappa shape index (κ3) is 3.34. The van der Waals surface area contributed by atoms with E-state index in [0.717, 1.165) is 52.8 Å². The molecule has 0 radical (unpaired) electrons. The van der Waals surface area contributed by atoms with Crippen LogP contribution < -0.4 is 0 Å². The predicted octanol–water partition coefficient (Wildman–Crippen LogP) is 4.75. The highest BCUT2D eigenvalue weighted by Crippen LogP contribution is 2.37. The van der Waals surface area contributed by atoms with Gasteiger partial charge in [0.25, 0.3) is 0 Å². The molecule has 0 saturated carbocycles. The lowest BCUT2D eigenvalue weighted by atomic mass is 9.95. The summed E-state index contributed by atoms with van der Waals surface area (Å²) in [5, 5.41) is 12.3. The van der Waals surface area contributed by atoms with E-state index in [1.807, 2.05) is 37.4 Å². The summed E-state index contributed by atoms with van der Waals surface area (Å²) in [6.45, 7) is 3.80. The molecule has 1 atom stereocenters. The summed E-state index contributed by atoms with van der Waals surface area (Å²) in [5.41, 5.74) is 4.13. The van der Waals surface area contributed by atoms with E-state index in [2.05, 4.69) is 26.3 Å². The summed E-state index contributed by atoms with van der Waals surface area (Å²) in [6.07, 6.45) is 5.33. The molecule has 3 aromatic rings. The predicted molar refractivity (Wildman–Crippen MR) is 97.3 cm³/mol. The van der Waals surface area contributed by atoms with Crippen LogP contribution in [0.25, 0.3) is 11.3 Å². The lowest BCUT2D eigenvalue weighted by Gasteiger charge is -2.35. The lowest BCUT2D eigenvalue weighted by molar-refractivity contribution is 0.137. The number of piperidine rings is 1. The molecule has 1 fully saturated rings. The van der Waals surface area contributed by atoms with Gasteiger partial charge in [0.05, 0.1) is 29.2 Å². The summed E-state index contributed by atoms with van der Waals surface area (Å²) in [4.78, 5) is 2.48. The Labute approximate surface area is 152 Å². The van der Waals surface area contributed by atoms with E-state index in [9.17, 15) is 0 Å². The highest BCUT2D eigenvalue weighted by Gasteiger charge is 2.29. The zero-order valence-electron chi connectivity index (χ0n) is 14.2. The van der Waals surface area contributed by atoms with Crippen molar-refractivity contribution in [1.82, 2.24) is 20.3 Å². The molecule has 3 heterocycles. The molecule has 1 saturated heterocycles. The molecule has 1 aromatic carbocycles. The average molecular weight is 357 g/mol. The Balaban J connectivity index is 1.64. The minimum Gasteiger partial charge on any atom is -0.356 e. The van der Waals surface area contributed by atoms with Crippen LogP contribution in [0.2, 0.25) is 5.02 Å². The van der Waals surface area contributed by atoms with Gasteiger partial charge in [0, 0.05) is 17.6 Å². The first-order valence-corrected chi connectivity index (χ1v) is 9.04. The number of rotatable bonds is 4. The van der Waals surface area contributed by atoms with E-state index in [4.69, 9.17) is 16.1 Å². The Morgan fingerprint density at radius 1 is 1.32 bits per heavy atom. The van der Waals surface area contributed by atoms with E-state index >= 15 is 0 Å². The Kier molecular flexibility index (Phi) is 4.59. The first kappa shape index (κ1) is 16.4. The second-order valence-electron chi connectivity index (χ2n) is 6.60. The highest BCUT2D eigenvalue weighted by molar-refractivity contribution is 6.31. The molecule has 1 N–H and O–H groups in total. The maximum absolute atomic E-state index is 6.38. The van der Waals surface area contributed by atoms with Crippen LogP contribution >= 0.6 is 11.6 Å². The molecule has 0 spiro atoms. The fourth-order valence-electron chi connectivity index (χ4n) is 3.59. The third-order valence-corrected chi connectivity index (χ3v) is 5.21. The highest BCUT2D eigenvalue weighted by atomic mass is 35.5. The van der Waals surface area contributed by atoms with Crippen LogP contribution in [0, 0.1) is 6.92 Å². The first-order chi connectivity index (χ1) is 12.2. The van der Waals surface area contributed by atoms with Gasteiger partial charge < -0.3 is 4.52 Å². The van der Waals surface area contributed by atoms with Gasteiger partial charge in [-0.05, 0) is 37.9 Å². The number of nitrogens with one attached hydrogen (secondary N) is 1. The number of likely N-dealkylation sites (tertiary alicyclic amines) is 1. The second kappa shape index (κ2) is 7.02. The summed E-state index contributed by atoms with van der Waals surface area (Å²) in [5.74, 6) is 0.768. The average Bonchev–Trinajstić information content (AvgIpc) is 3.26. The summed E-state index contributed by atoms with van der Waals surface area (Å²) >= 11 is 6.38. The van der Waals surface area contributed by atoms with Gasteiger partial charge in [-0.3, -0.25) is 10.00 Å². The van der Waals surface area contributed by atoms with Crippen LogP contribution in [0.1, 0.15) is 42.3 Å². The van der Waals surface area contributed by atoms with Gasteiger partial charge in [-0.2, -0.15) is 5.10 Å². The lowest BCUT2D eigenvalue weighted by Crippen LogP contribution is -2.33. The number of aryl methyl sites for hydroxylation is 1. The van der Waals surface area contributed by atoms with Gasteiger partial charge in [0.1, 0.15) is 0 Å². The standard InChI is InChI=1S/C19H21ClN4O/c1-13-10-18(25-23-13)15-11-21-22-19(15)17-8-4-5-9-24(17)12-14-6-2-3-7-16(14)20/h2-3,6-7,10-11,17H,4-5,8-9,12H2,1H3,(H,21,22)/t17-/m1/s1. The van der Waals surface area contributed by atoms with Crippen molar-refractivity contribution in [2.75, 3.05) is 6.54 Å². The number of halogens is 1. The molecule has 130 valence electrons. The molecule has 6 heteroatoms. The van der Waals surface area contributed by atoms with Crippen molar-refractivity contribution >= 4 is 11.6 Å². The maximum atomic E-state index is 6.38. The summed E-state index contributed by atoms with van der Waals surface area (Å²) < 4.78 is 5.46. The first-order valence-electron chi connectivity index (χ1n) is 8.67. The smallest absolute Gasteiger partial charge is 0.170 e. The van der Waals surface area contributed by atoms with Crippen LogP contribution in [-0.2, 0) is 6.54 Å². The second-order valence-corrected chi connectivity index (χ2v) is 7.01. The Morgan fingerprint density at radius 2 is 2.20 bits per heavy atom. The molecule has 25 heavy (non-hydrogen) atoms. The minimum atomic E-state index is 0.271. The van der Waals surface area contributed by atoms with E-state index in [1.54, 1.807) is 0 Å². The van der Waals surface area contributed by atoms with Crippen molar-refractivity contribution in [1.29, 1.82) is 0 Å². The molecule has 2 aromatic heterocycles. The molecule has 0 amide bonds. The van der Waals surface area contributed by atoms with Gasteiger partial charge in [-0.15, -0.1) is 0 Å². The van der Waals surface area contributed by atoms with Crippen molar-refractivity contribution in [2.24, 2.45) is 0 Å². The molecule has 0 aliphatic carbocycles. The van der Waals surface area contributed by atoms with Crippen LogP contribution in [0.5, 0.6) is 0 Å². The Morgan fingerprint density at radius 3 is 3.00 bits per heavy atom. The fourth-order valence-corrected chi connectivity index (χ4v) is 3.79. The third-order valence-electron chi connectivity index (χ3n) is 4.84. The largest absolute Gasteiger partial charge is 0.356 e. The monoisotopic (exact) mass is 356 g/mol. The normalized spacial score (nSPS) is 18.6. The van der Waals surface area contributed by atoms with Gasteiger partial charge >= 0.3 is 0 Å². The Hall–Kier alpha value is -2.11. The molecule has 5 nitrogen and oxygen atoms in total. The van der Waals surface area contributed by atoms with E-state index < -0.39 is 0 Å². The molecule has 4 rings (SSSR count). The zero-order valence-corrected chi connectivity index (χ0v) is 15.0. The topological polar surface area (TPSA) is 58.0 Å². The number of benzene rings is 1. The van der Waals surface area contributed by atoms with Crippen molar-refractivity contribution < 1.29 is 4.52 Å². The number of aromatic nitrogens is 3. The maximum Gasteiger partial charge on any atom is 0.170 e. The van der Waals surface area contributed by atoms with Crippen molar-refractivity contribution in [3.05, 3.63) is 58.5 Å². The Bertz CT molecular complexity index is 856. The zero-order chi connectivity index (χ0) is 17.2. The van der Waals surface area contributed by atoms with E-state index in [-0.39, 0.29) is 6.04 Å². The summed E-state index contributed by atoms with van der Waals surface area (Å²) in [7, 11) is 0. The number of H-pyrrole nitrogens is 1. The molecule has 0 unspecified atom stereocenters. The minimum absolute atomic E-state index is 0.271. The van der Waals surface area contributed by atoms with Crippen molar-refractivity contribution in [3.8, 4) is 11.3 Å².